The normalized spacial score (nSPS) is 18.7. The summed E-state index contributed by atoms with van der Waals surface area (Å²) in [6, 6.07) is 8.54. The van der Waals surface area contributed by atoms with Crippen LogP contribution >= 0.6 is 0 Å². The molecular weight excluding hydrogens is 437 g/mol. The topological polar surface area (TPSA) is 85.2 Å². The van der Waals surface area contributed by atoms with E-state index in [2.05, 4.69) is 25.5 Å². The van der Waals surface area contributed by atoms with Gasteiger partial charge in [-0.3, -0.25) is 4.79 Å². The molecule has 2 aliphatic heterocycles. The zero-order valence-corrected chi connectivity index (χ0v) is 17.8. The van der Waals surface area contributed by atoms with Crippen LogP contribution in [0.1, 0.15) is 34.7 Å². The number of anilines is 2. The van der Waals surface area contributed by atoms with Crippen molar-refractivity contribution in [1.29, 1.82) is 0 Å². The van der Waals surface area contributed by atoms with Gasteiger partial charge in [-0.15, -0.1) is 10.2 Å². The van der Waals surface area contributed by atoms with Crippen molar-refractivity contribution in [2.24, 2.45) is 0 Å². The lowest BCUT2D eigenvalue weighted by molar-refractivity contribution is -0.137. The van der Waals surface area contributed by atoms with Gasteiger partial charge in [-0.25, -0.2) is 0 Å². The van der Waals surface area contributed by atoms with Gasteiger partial charge in [0.1, 0.15) is 5.82 Å². The van der Waals surface area contributed by atoms with Crippen molar-refractivity contribution >= 4 is 17.5 Å². The fourth-order valence-corrected chi connectivity index (χ4v) is 4.29. The molecule has 172 valence electrons. The van der Waals surface area contributed by atoms with Crippen LogP contribution in [0.3, 0.4) is 0 Å². The van der Waals surface area contributed by atoms with E-state index >= 15 is 0 Å². The third kappa shape index (κ3) is 4.04. The SMILES string of the molecule is Cc1nn(-c2ccc(N3CCOCC3)nn2)c2c1[C@@H](c1ccc(C(F)(F)F)cc1)CC(=O)N2. The Balaban J connectivity index is 1.49. The quantitative estimate of drug-likeness (QED) is 0.648. The van der Waals surface area contributed by atoms with E-state index in [0.717, 1.165) is 36.6 Å². The van der Waals surface area contributed by atoms with Crippen LogP contribution in [0.5, 0.6) is 0 Å². The third-order valence-corrected chi connectivity index (χ3v) is 5.93. The van der Waals surface area contributed by atoms with Crippen LogP contribution in [0.15, 0.2) is 36.4 Å². The average molecular weight is 458 g/mol. The summed E-state index contributed by atoms with van der Waals surface area (Å²) in [5.41, 5.74) is 1.31. The highest BCUT2D eigenvalue weighted by Crippen LogP contribution is 2.41. The van der Waals surface area contributed by atoms with Crippen LogP contribution in [-0.4, -0.2) is 52.2 Å². The maximum absolute atomic E-state index is 13.0. The largest absolute Gasteiger partial charge is 0.416 e. The Morgan fingerprint density at radius 1 is 1.03 bits per heavy atom. The molecule has 1 atom stereocenters. The van der Waals surface area contributed by atoms with Crippen molar-refractivity contribution < 1.29 is 22.7 Å². The molecular formula is C22H21F3N6O2. The number of halogens is 3. The fourth-order valence-electron chi connectivity index (χ4n) is 4.29. The fraction of sp³-hybridized carbons (Fsp3) is 0.364. The van der Waals surface area contributed by atoms with Crippen LogP contribution in [0, 0.1) is 6.92 Å². The van der Waals surface area contributed by atoms with Crippen molar-refractivity contribution in [3.8, 4) is 5.82 Å². The van der Waals surface area contributed by atoms with E-state index in [9.17, 15) is 18.0 Å². The van der Waals surface area contributed by atoms with Crippen LogP contribution in [-0.2, 0) is 15.7 Å². The first-order valence-electron chi connectivity index (χ1n) is 10.5. The monoisotopic (exact) mass is 458 g/mol. The van der Waals surface area contributed by atoms with E-state index in [4.69, 9.17) is 4.74 Å². The number of hydrogen-bond acceptors (Lipinski definition) is 6. The molecule has 0 bridgehead atoms. The Morgan fingerprint density at radius 2 is 1.70 bits per heavy atom. The molecule has 5 rings (SSSR count). The van der Waals surface area contributed by atoms with Gasteiger partial charge in [0.15, 0.2) is 11.6 Å². The van der Waals surface area contributed by atoms with E-state index in [1.807, 2.05) is 6.07 Å². The molecule has 1 N–H and O–H groups in total. The van der Waals surface area contributed by atoms with Crippen molar-refractivity contribution in [2.45, 2.75) is 25.4 Å². The maximum Gasteiger partial charge on any atom is 0.416 e. The molecule has 1 aromatic carbocycles. The van der Waals surface area contributed by atoms with Crippen LogP contribution in [0.25, 0.3) is 5.82 Å². The molecule has 0 radical (unpaired) electrons. The summed E-state index contributed by atoms with van der Waals surface area (Å²) in [6.45, 7) is 4.53. The molecule has 0 spiro atoms. The second-order valence-corrected chi connectivity index (χ2v) is 8.03. The molecule has 2 aliphatic rings. The molecule has 1 saturated heterocycles. The molecule has 0 unspecified atom stereocenters. The predicted molar refractivity (Wildman–Crippen MR) is 113 cm³/mol. The summed E-state index contributed by atoms with van der Waals surface area (Å²) in [6.07, 6.45) is -4.30. The van der Waals surface area contributed by atoms with Gasteiger partial charge in [-0.2, -0.15) is 23.0 Å². The Labute approximate surface area is 187 Å². The summed E-state index contributed by atoms with van der Waals surface area (Å²) in [4.78, 5) is 14.6. The molecule has 0 aliphatic carbocycles. The summed E-state index contributed by atoms with van der Waals surface area (Å²) >= 11 is 0. The number of carbonyl (C=O) groups is 1. The minimum Gasteiger partial charge on any atom is -0.378 e. The maximum atomic E-state index is 13.0. The number of ether oxygens (including phenoxy) is 1. The lowest BCUT2D eigenvalue weighted by Crippen LogP contribution is -2.36. The molecule has 8 nitrogen and oxygen atoms in total. The highest BCUT2D eigenvalue weighted by molar-refractivity contribution is 5.95. The Morgan fingerprint density at radius 3 is 2.33 bits per heavy atom. The summed E-state index contributed by atoms with van der Waals surface area (Å²) in [5.74, 6) is 0.968. The number of fused-ring (bicyclic) bond motifs is 1. The van der Waals surface area contributed by atoms with Gasteiger partial charge >= 0.3 is 6.18 Å². The zero-order chi connectivity index (χ0) is 23.2. The number of nitrogens with one attached hydrogen (secondary N) is 1. The third-order valence-electron chi connectivity index (χ3n) is 5.93. The zero-order valence-electron chi connectivity index (χ0n) is 17.8. The van der Waals surface area contributed by atoms with Crippen molar-refractivity contribution in [2.75, 3.05) is 36.5 Å². The lowest BCUT2D eigenvalue weighted by atomic mass is 9.85. The second kappa shape index (κ2) is 8.14. The Hall–Kier alpha value is -3.47. The van der Waals surface area contributed by atoms with Gasteiger partial charge in [0, 0.05) is 31.0 Å². The standard InChI is InChI=1S/C22H21F3N6O2/c1-13-20-16(14-2-4-15(5-3-14)22(23,24)25)12-19(32)26-21(20)31(29-13)18-7-6-17(27-28-18)30-8-10-33-11-9-30/h2-7,16H,8-12H2,1H3,(H,26,32)/t16-/m1/s1. The number of benzene rings is 1. The van der Waals surface area contributed by atoms with Crippen LogP contribution < -0.4 is 10.2 Å². The minimum absolute atomic E-state index is 0.118. The van der Waals surface area contributed by atoms with Gasteiger partial charge in [0.2, 0.25) is 5.91 Å². The summed E-state index contributed by atoms with van der Waals surface area (Å²) < 4.78 is 45.8. The molecule has 4 heterocycles. The van der Waals surface area contributed by atoms with Gasteiger partial charge in [-0.1, -0.05) is 12.1 Å². The molecule has 11 heteroatoms. The highest BCUT2D eigenvalue weighted by Gasteiger charge is 2.34. The van der Waals surface area contributed by atoms with Crippen molar-refractivity contribution in [3.63, 3.8) is 0 Å². The van der Waals surface area contributed by atoms with E-state index in [0.29, 0.717) is 36.1 Å². The first-order valence-corrected chi connectivity index (χ1v) is 10.5. The van der Waals surface area contributed by atoms with Crippen LogP contribution in [0.2, 0.25) is 0 Å². The number of aryl methyl sites for hydroxylation is 1. The molecule has 1 fully saturated rings. The van der Waals surface area contributed by atoms with Gasteiger partial charge in [-0.05, 0) is 36.8 Å². The number of hydrogen-bond donors (Lipinski definition) is 1. The van der Waals surface area contributed by atoms with E-state index in [-0.39, 0.29) is 12.3 Å². The van der Waals surface area contributed by atoms with E-state index in [1.165, 1.54) is 16.8 Å². The second-order valence-electron chi connectivity index (χ2n) is 8.03. The van der Waals surface area contributed by atoms with Crippen LogP contribution in [0.4, 0.5) is 24.8 Å². The first kappa shape index (κ1) is 21.4. The molecule has 2 aromatic heterocycles. The summed E-state index contributed by atoms with van der Waals surface area (Å²) in [7, 11) is 0. The Kier molecular flexibility index (Phi) is 5.28. The first-order chi connectivity index (χ1) is 15.8. The average Bonchev–Trinajstić information content (AvgIpc) is 3.15. The molecule has 33 heavy (non-hydrogen) atoms. The van der Waals surface area contributed by atoms with Crippen molar-refractivity contribution in [1.82, 2.24) is 20.0 Å². The molecule has 3 aromatic rings. The van der Waals surface area contributed by atoms with Crippen molar-refractivity contribution in [3.05, 3.63) is 58.8 Å². The minimum atomic E-state index is -4.42. The number of nitrogens with zero attached hydrogens (tertiary/aromatic N) is 5. The number of alkyl halides is 3. The van der Waals surface area contributed by atoms with Gasteiger partial charge in [0.25, 0.3) is 0 Å². The molecule has 1 amide bonds. The predicted octanol–water partition coefficient (Wildman–Crippen LogP) is 3.30. The van der Waals surface area contributed by atoms with E-state index < -0.39 is 17.7 Å². The number of aromatic nitrogens is 4. The Bertz CT molecular complexity index is 1170. The number of amides is 1. The lowest BCUT2D eigenvalue weighted by Gasteiger charge is -2.27. The molecule has 0 saturated carbocycles. The summed E-state index contributed by atoms with van der Waals surface area (Å²) in [5, 5.41) is 16.0. The number of rotatable bonds is 3. The number of carbonyl (C=O) groups excluding carboxylic acids is 1. The van der Waals surface area contributed by atoms with Gasteiger partial charge in [0.05, 0.1) is 24.5 Å². The van der Waals surface area contributed by atoms with Gasteiger partial charge < -0.3 is 15.0 Å². The van der Waals surface area contributed by atoms with E-state index in [1.54, 1.807) is 13.0 Å². The highest BCUT2D eigenvalue weighted by atomic mass is 19.4. The number of morpholine rings is 1. The smallest absolute Gasteiger partial charge is 0.378 e.